The van der Waals surface area contributed by atoms with Crippen molar-refractivity contribution in [1.82, 2.24) is 29.3 Å². The Morgan fingerprint density at radius 2 is 2.06 bits per heavy atom. The number of hydrogen-bond acceptors (Lipinski definition) is 5. The topological polar surface area (TPSA) is 70.7 Å². The highest BCUT2D eigenvalue weighted by Crippen LogP contribution is 2.32. The van der Waals surface area contributed by atoms with Gasteiger partial charge in [0.15, 0.2) is 5.82 Å². The zero-order valence-corrected chi connectivity index (χ0v) is 17.9. The van der Waals surface area contributed by atoms with Crippen LogP contribution < -0.4 is 4.74 Å². The van der Waals surface area contributed by atoms with Crippen LogP contribution in [0.5, 0.6) is 5.88 Å². The smallest absolute Gasteiger partial charge is 0.238 e. The molecule has 5 rings (SSSR count). The molecule has 0 bridgehead atoms. The minimum atomic E-state index is -0.228. The number of hydrogen-bond donors (Lipinski definition) is 0. The Bertz CT molecular complexity index is 1290. The minimum Gasteiger partial charge on any atom is -0.479 e. The van der Waals surface area contributed by atoms with Crippen LogP contribution in [0.4, 0.5) is 4.39 Å². The third kappa shape index (κ3) is 3.91. The summed E-state index contributed by atoms with van der Waals surface area (Å²) in [5.41, 5.74) is 3.41. The number of fused-ring (bicyclic) bond motifs is 1. The first-order valence-corrected chi connectivity index (χ1v) is 10.5. The molecule has 1 atom stereocenters. The molecule has 0 saturated carbocycles. The van der Waals surface area contributed by atoms with Crippen molar-refractivity contribution < 1.29 is 9.13 Å². The molecule has 0 fully saturated rings. The maximum atomic E-state index is 13.7. The molecule has 0 aliphatic carbocycles. The number of methoxy groups -OCH3 is 1. The van der Waals surface area contributed by atoms with Crippen molar-refractivity contribution in [3.05, 3.63) is 83.3 Å². The number of aromatic nitrogens is 6. The standard InChI is InChI=1S/C24H23FN6O/c1-16-14-30(15-26-16)21-10-8-19(27-24(21)32-2)9-11-22-28-23-20(7-4-12-31(23)29-22)17-5-3-6-18(25)13-17/h3,5-6,8-11,13-15,20H,4,7,12H2,1-2H3/b11-9+. The van der Waals surface area contributed by atoms with Crippen LogP contribution in [0.15, 0.2) is 48.9 Å². The van der Waals surface area contributed by atoms with Crippen LogP contribution in [-0.2, 0) is 6.54 Å². The summed E-state index contributed by atoms with van der Waals surface area (Å²) >= 11 is 0. The molecule has 7 nitrogen and oxygen atoms in total. The fourth-order valence-corrected chi connectivity index (χ4v) is 4.08. The lowest BCUT2D eigenvalue weighted by Crippen LogP contribution is -2.18. The summed E-state index contributed by atoms with van der Waals surface area (Å²) in [6.07, 6.45) is 9.28. The molecule has 0 N–H and O–H groups in total. The molecule has 32 heavy (non-hydrogen) atoms. The number of benzene rings is 1. The van der Waals surface area contributed by atoms with Gasteiger partial charge in [0.2, 0.25) is 5.88 Å². The summed E-state index contributed by atoms with van der Waals surface area (Å²) in [6, 6.07) is 10.6. The van der Waals surface area contributed by atoms with Gasteiger partial charge in [-0.1, -0.05) is 12.1 Å². The van der Waals surface area contributed by atoms with Crippen LogP contribution in [0, 0.1) is 12.7 Å². The van der Waals surface area contributed by atoms with Gasteiger partial charge in [0, 0.05) is 18.7 Å². The Balaban J connectivity index is 1.41. The van der Waals surface area contributed by atoms with Crippen LogP contribution in [0.25, 0.3) is 17.8 Å². The average Bonchev–Trinajstić information content (AvgIpc) is 3.43. The van der Waals surface area contributed by atoms with E-state index in [1.54, 1.807) is 25.6 Å². The van der Waals surface area contributed by atoms with E-state index in [1.165, 1.54) is 6.07 Å². The van der Waals surface area contributed by atoms with Gasteiger partial charge in [0.1, 0.15) is 17.3 Å². The SMILES string of the molecule is COc1nc(/C=C/c2nc3n(n2)CCCC3c2cccc(F)c2)ccc1-n1cnc(C)c1. The highest BCUT2D eigenvalue weighted by atomic mass is 19.1. The quantitative estimate of drug-likeness (QED) is 0.469. The number of rotatable bonds is 5. The number of aryl methyl sites for hydroxylation is 2. The summed E-state index contributed by atoms with van der Waals surface area (Å²) in [5.74, 6) is 1.81. The summed E-state index contributed by atoms with van der Waals surface area (Å²) in [4.78, 5) is 13.6. The molecule has 0 amide bonds. The highest BCUT2D eigenvalue weighted by Gasteiger charge is 2.25. The van der Waals surface area contributed by atoms with E-state index in [0.29, 0.717) is 11.7 Å². The van der Waals surface area contributed by atoms with Gasteiger partial charge in [0.05, 0.1) is 24.8 Å². The fourth-order valence-electron chi connectivity index (χ4n) is 4.08. The van der Waals surface area contributed by atoms with Crippen molar-refractivity contribution in [3.63, 3.8) is 0 Å². The van der Waals surface area contributed by atoms with Gasteiger partial charge in [-0.05, 0) is 61.7 Å². The van der Waals surface area contributed by atoms with E-state index in [9.17, 15) is 4.39 Å². The third-order valence-electron chi connectivity index (χ3n) is 5.59. The van der Waals surface area contributed by atoms with E-state index in [2.05, 4.69) is 15.1 Å². The second-order valence-electron chi connectivity index (χ2n) is 7.82. The Hall–Kier alpha value is -3.81. The summed E-state index contributed by atoms with van der Waals surface area (Å²) in [5, 5.41) is 4.63. The van der Waals surface area contributed by atoms with Gasteiger partial charge in [-0.3, -0.25) is 0 Å². The molecule has 0 saturated heterocycles. The van der Waals surface area contributed by atoms with Crippen LogP contribution in [0.3, 0.4) is 0 Å². The third-order valence-corrected chi connectivity index (χ3v) is 5.59. The number of nitrogens with zero attached hydrogens (tertiary/aromatic N) is 6. The Morgan fingerprint density at radius 1 is 1.16 bits per heavy atom. The minimum absolute atomic E-state index is 0.0465. The molecule has 1 aliphatic rings. The monoisotopic (exact) mass is 430 g/mol. The van der Waals surface area contributed by atoms with Crippen molar-refractivity contribution >= 4 is 12.2 Å². The van der Waals surface area contributed by atoms with Crippen LogP contribution in [-0.4, -0.2) is 36.4 Å². The first-order chi connectivity index (χ1) is 15.6. The van der Waals surface area contributed by atoms with Crippen LogP contribution >= 0.6 is 0 Å². The highest BCUT2D eigenvalue weighted by molar-refractivity contribution is 5.65. The molecule has 0 radical (unpaired) electrons. The predicted octanol–water partition coefficient (Wildman–Crippen LogP) is 4.41. The fraction of sp³-hybridized carbons (Fsp3) is 0.250. The molecule has 1 unspecified atom stereocenters. The number of ether oxygens (including phenoxy) is 1. The first kappa shape index (κ1) is 20.1. The lowest BCUT2D eigenvalue weighted by atomic mass is 9.91. The maximum absolute atomic E-state index is 13.7. The van der Waals surface area contributed by atoms with E-state index in [4.69, 9.17) is 9.72 Å². The molecular weight excluding hydrogens is 407 g/mol. The molecule has 8 heteroatoms. The normalized spacial score (nSPS) is 15.8. The lowest BCUT2D eigenvalue weighted by Gasteiger charge is -2.22. The van der Waals surface area contributed by atoms with E-state index in [-0.39, 0.29) is 11.7 Å². The second kappa shape index (κ2) is 8.37. The predicted molar refractivity (Wildman–Crippen MR) is 119 cm³/mol. The number of pyridine rings is 1. The van der Waals surface area contributed by atoms with Gasteiger partial charge in [-0.25, -0.2) is 24.0 Å². The zero-order valence-electron chi connectivity index (χ0n) is 17.9. The second-order valence-corrected chi connectivity index (χ2v) is 7.82. The molecule has 1 aliphatic heterocycles. The van der Waals surface area contributed by atoms with Crippen molar-refractivity contribution in [2.24, 2.45) is 0 Å². The molecule has 4 heterocycles. The molecule has 3 aromatic heterocycles. The van der Waals surface area contributed by atoms with Crippen LogP contribution in [0.1, 0.15) is 47.4 Å². The Kier molecular flexibility index (Phi) is 5.26. The van der Waals surface area contributed by atoms with Gasteiger partial charge >= 0.3 is 0 Å². The Labute approximate surface area is 185 Å². The molecule has 162 valence electrons. The Morgan fingerprint density at radius 3 is 2.84 bits per heavy atom. The lowest BCUT2D eigenvalue weighted by molar-refractivity contribution is 0.395. The average molecular weight is 430 g/mol. The van der Waals surface area contributed by atoms with E-state index in [1.807, 2.05) is 52.7 Å². The van der Waals surface area contributed by atoms with E-state index >= 15 is 0 Å². The molecule has 1 aromatic carbocycles. The number of halogens is 1. The first-order valence-electron chi connectivity index (χ1n) is 10.5. The summed E-state index contributed by atoms with van der Waals surface area (Å²) < 4.78 is 23.0. The van der Waals surface area contributed by atoms with Crippen LogP contribution in [0.2, 0.25) is 0 Å². The van der Waals surface area contributed by atoms with E-state index < -0.39 is 0 Å². The van der Waals surface area contributed by atoms with Crippen molar-refractivity contribution in [2.45, 2.75) is 32.2 Å². The zero-order chi connectivity index (χ0) is 22.1. The van der Waals surface area contributed by atoms with Crippen molar-refractivity contribution in [2.75, 3.05) is 7.11 Å². The number of imidazole rings is 1. The summed E-state index contributed by atoms with van der Waals surface area (Å²) in [6.45, 7) is 2.75. The van der Waals surface area contributed by atoms with E-state index in [0.717, 1.165) is 47.8 Å². The molecule has 0 spiro atoms. The van der Waals surface area contributed by atoms with Crippen molar-refractivity contribution in [3.8, 4) is 11.6 Å². The van der Waals surface area contributed by atoms with Gasteiger partial charge in [-0.2, -0.15) is 5.10 Å². The van der Waals surface area contributed by atoms with Crippen molar-refractivity contribution in [1.29, 1.82) is 0 Å². The largest absolute Gasteiger partial charge is 0.479 e. The molecule has 4 aromatic rings. The maximum Gasteiger partial charge on any atom is 0.238 e. The van der Waals surface area contributed by atoms with Gasteiger partial charge < -0.3 is 9.30 Å². The summed E-state index contributed by atoms with van der Waals surface area (Å²) in [7, 11) is 1.60. The molecular formula is C24H23FN6O. The van der Waals surface area contributed by atoms with Gasteiger partial charge in [-0.15, -0.1) is 0 Å². The van der Waals surface area contributed by atoms with Gasteiger partial charge in [0.25, 0.3) is 0 Å².